The Morgan fingerprint density at radius 3 is 2.25 bits per heavy atom. The number of amides is 2. The zero-order valence-electron chi connectivity index (χ0n) is 16.6. The predicted molar refractivity (Wildman–Crippen MR) is 108 cm³/mol. The van der Waals surface area contributed by atoms with Crippen LogP contribution in [0.3, 0.4) is 0 Å². The van der Waals surface area contributed by atoms with E-state index in [9.17, 15) is 4.79 Å². The van der Waals surface area contributed by atoms with Gasteiger partial charge in [0.15, 0.2) is 11.5 Å². The summed E-state index contributed by atoms with van der Waals surface area (Å²) in [7, 11) is 4.85. The molecule has 7 nitrogen and oxygen atoms in total. The monoisotopic (exact) mass is 385 g/mol. The maximum atomic E-state index is 12.6. The van der Waals surface area contributed by atoms with Crippen molar-refractivity contribution in [1.82, 2.24) is 9.80 Å². The Labute approximate surface area is 165 Å². The van der Waals surface area contributed by atoms with Gasteiger partial charge in [0.05, 0.1) is 21.3 Å². The SMILES string of the molecule is COc1ccccc1CN1CCN(C(=O)Nc2ccc(OC)c(OC)c2)CC1. The van der Waals surface area contributed by atoms with Crippen molar-refractivity contribution in [2.24, 2.45) is 0 Å². The van der Waals surface area contributed by atoms with Gasteiger partial charge in [-0.25, -0.2) is 4.79 Å². The van der Waals surface area contributed by atoms with Gasteiger partial charge in [-0.15, -0.1) is 0 Å². The fourth-order valence-corrected chi connectivity index (χ4v) is 3.30. The van der Waals surface area contributed by atoms with E-state index in [4.69, 9.17) is 14.2 Å². The largest absolute Gasteiger partial charge is 0.496 e. The maximum Gasteiger partial charge on any atom is 0.321 e. The van der Waals surface area contributed by atoms with Gasteiger partial charge in [0.25, 0.3) is 0 Å². The standard InChI is InChI=1S/C21H27N3O4/c1-26-18-7-5-4-6-16(18)15-23-10-12-24(13-11-23)21(25)22-17-8-9-19(27-2)20(14-17)28-3/h4-9,14H,10-13,15H2,1-3H3,(H,22,25). The lowest BCUT2D eigenvalue weighted by Gasteiger charge is -2.34. The molecular weight excluding hydrogens is 358 g/mol. The molecule has 2 amide bonds. The summed E-state index contributed by atoms with van der Waals surface area (Å²) in [5.74, 6) is 2.11. The Kier molecular flexibility index (Phi) is 6.60. The third kappa shape index (κ3) is 4.67. The van der Waals surface area contributed by atoms with Gasteiger partial charge >= 0.3 is 6.03 Å². The molecule has 0 aliphatic carbocycles. The summed E-state index contributed by atoms with van der Waals surface area (Å²) in [5.41, 5.74) is 1.84. The van der Waals surface area contributed by atoms with Gasteiger partial charge in [0, 0.05) is 50.0 Å². The van der Waals surface area contributed by atoms with E-state index in [0.717, 1.165) is 30.9 Å². The lowest BCUT2D eigenvalue weighted by molar-refractivity contribution is 0.142. The van der Waals surface area contributed by atoms with E-state index in [0.29, 0.717) is 30.3 Å². The number of benzene rings is 2. The zero-order valence-corrected chi connectivity index (χ0v) is 16.6. The number of nitrogens with zero attached hydrogens (tertiary/aromatic N) is 2. The molecule has 0 aromatic heterocycles. The number of urea groups is 1. The molecule has 0 radical (unpaired) electrons. The number of hydrogen-bond acceptors (Lipinski definition) is 5. The molecule has 2 aromatic carbocycles. The van der Waals surface area contributed by atoms with E-state index in [1.54, 1.807) is 39.5 Å². The van der Waals surface area contributed by atoms with E-state index < -0.39 is 0 Å². The summed E-state index contributed by atoms with van der Waals surface area (Å²) < 4.78 is 15.9. The van der Waals surface area contributed by atoms with Crippen molar-refractivity contribution >= 4 is 11.7 Å². The summed E-state index contributed by atoms with van der Waals surface area (Å²) in [6.45, 7) is 3.80. The molecule has 2 aromatic rings. The average Bonchev–Trinajstić information content (AvgIpc) is 2.74. The third-order valence-corrected chi connectivity index (χ3v) is 4.88. The van der Waals surface area contributed by atoms with Crippen molar-refractivity contribution in [3.05, 3.63) is 48.0 Å². The van der Waals surface area contributed by atoms with Crippen LogP contribution in [-0.4, -0.2) is 63.3 Å². The molecule has 3 rings (SSSR count). The first-order valence-electron chi connectivity index (χ1n) is 9.26. The highest BCUT2D eigenvalue weighted by atomic mass is 16.5. The molecule has 1 N–H and O–H groups in total. The maximum absolute atomic E-state index is 12.6. The second-order valence-corrected chi connectivity index (χ2v) is 6.57. The number of ether oxygens (including phenoxy) is 3. The lowest BCUT2D eigenvalue weighted by atomic mass is 10.1. The molecule has 1 aliphatic heterocycles. The Bertz CT molecular complexity index is 804. The molecule has 1 fully saturated rings. The van der Waals surface area contributed by atoms with E-state index in [2.05, 4.69) is 16.3 Å². The molecule has 1 heterocycles. The summed E-state index contributed by atoms with van der Waals surface area (Å²) in [6.07, 6.45) is 0. The second kappa shape index (κ2) is 9.32. The summed E-state index contributed by atoms with van der Waals surface area (Å²) >= 11 is 0. The van der Waals surface area contributed by atoms with Crippen LogP contribution < -0.4 is 19.5 Å². The highest BCUT2D eigenvalue weighted by Crippen LogP contribution is 2.30. The van der Waals surface area contributed by atoms with E-state index in [-0.39, 0.29) is 6.03 Å². The number of anilines is 1. The van der Waals surface area contributed by atoms with Crippen LogP contribution in [0.25, 0.3) is 0 Å². The van der Waals surface area contributed by atoms with Crippen molar-refractivity contribution in [2.75, 3.05) is 52.8 Å². The van der Waals surface area contributed by atoms with Crippen LogP contribution in [0.1, 0.15) is 5.56 Å². The van der Waals surface area contributed by atoms with Crippen LogP contribution in [0.5, 0.6) is 17.2 Å². The third-order valence-electron chi connectivity index (χ3n) is 4.88. The number of nitrogens with one attached hydrogen (secondary N) is 1. The van der Waals surface area contributed by atoms with Crippen LogP contribution in [0.2, 0.25) is 0 Å². The van der Waals surface area contributed by atoms with Gasteiger partial charge in [0.1, 0.15) is 5.75 Å². The van der Waals surface area contributed by atoms with E-state index >= 15 is 0 Å². The topological polar surface area (TPSA) is 63.3 Å². The van der Waals surface area contributed by atoms with Gasteiger partial charge in [-0.05, 0) is 18.2 Å². The number of rotatable bonds is 6. The number of methoxy groups -OCH3 is 3. The van der Waals surface area contributed by atoms with Crippen LogP contribution >= 0.6 is 0 Å². The first-order chi connectivity index (χ1) is 13.6. The first kappa shape index (κ1) is 19.8. The second-order valence-electron chi connectivity index (χ2n) is 6.57. The highest BCUT2D eigenvalue weighted by Gasteiger charge is 2.22. The average molecular weight is 385 g/mol. The molecule has 0 unspecified atom stereocenters. The van der Waals surface area contributed by atoms with Crippen molar-refractivity contribution in [3.63, 3.8) is 0 Å². The van der Waals surface area contributed by atoms with E-state index in [1.165, 1.54) is 0 Å². The number of hydrogen-bond donors (Lipinski definition) is 1. The van der Waals surface area contributed by atoms with Gasteiger partial charge in [-0.2, -0.15) is 0 Å². The Hall–Kier alpha value is -2.93. The normalized spacial score (nSPS) is 14.5. The molecular formula is C21H27N3O4. The minimum atomic E-state index is -0.107. The summed E-state index contributed by atoms with van der Waals surface area (Å²) in [5, 5.41) is 2.93. The Morgan fingerprint density at radius 2 is 1.57 bits per heavy atom. The van der Waals surface area contributed by atoms with Gasteiger partial charge in [0.2, 0.25) is 0 Å². The van der Waals surface area contributed by atoms with Crippen LogP contribution in [0.15, 0.2) is 42.5 Å². The molecule has 150 valence electrons. The minimum Gasteiger partial charge on any atom is -0.496 e. The Morgan fingerprint density at radius 1 is 0.893 bits per heavy atom. The highest BCUT2D eigenvalue weighted by molar-refractivity contribution is 5.89. The molecule has 0 saturated carbocycles. The quantitative estimate of drug-likeness (QED) is 0.828. The van der Waals surface area contributed by atoms with Gasteiger partial charge in [-0.3, -0.25) is 4.90 Å². The molecule has 0 spiro atoms. The summed E-state index contributed by atoms with van der Waals surface area (Å²) in [4.78, 5) is 16.8. The molecule has 7 heteroatoms. The van der Waals surface area contributed by atoms with Crippen molar-refractivity contribution in [2.45, 2.75) is 6.54 Å². The molecule has 0 bridgehead atoms. The molecule has 0 atom stereocenters. The lowest BCUT2D eigenvalue weighted by Crippen LogP contribution is -2.49. The fraction of sp³-hybridized carbons (Fsp3) is 0.381. The predicted octanol–water partition coefficient (Wildman–Crippen LogP) is 3.06. The fourth-order valence-electron chi connectivity index (χ4n) is 3.30. The molecule has 1 saturated heterocycles. The van der Waals surface area contributed by atoms with Crippen LogP contribution in [-0.2, 0) is 6.54 Å². The Balaban J connectivity index is 1.54. The van der Waals surface area contributed by atoms with Crippen molar-refractivity contribution < 1.29 is 19.0 Å². The number of para-hydroxylation sites is 1. The van der Waals surface area contributed by atoms with Crippen molar-refractivity contribution in [1.29, 1.82) is 0 Å². The van der Waals surface area contributed by atoms with Gasteiger partial charge < -0.3 is 24.4 Å². The smallest absolute Gasteiger partial charge is 0.321 e. The first-order valence-corrected chi connectivity index (χ1v) is 9.26. The van der Waals surface area contributed by atoms with Crippen molar-refractivity contribution in [3.8, 4) is 17.2 Å². The number of carbonyl (C=O) groups is 1. The van der Waals surface area contributed by atoms with Crippen LogP contribution in [0.4, 0.5) is 10.5 Å². The minimum absolute atomic E-state index is 0.107. The van der Waals surface area contributed by atoms with E-state index in [1.807, 2.05) is 23.1 Å². The molecule has 28 heavy (non-hydrogen) atoms. The number of carbonyl (C=O) groups excluding carboxylic acids is 1. The van der Waals surface area contributed by atoms with Gasteiger partial charge in [-0.1, -0.05) is 18.2 Å². The zero-order chi connectivity index (χ0) is 19.9. The molecule has 1 aliphatic rings. The summed E-state index contributed by atoms with van der Waals surface area (Å²) in [6, 6.07) is 13.3. The number of piperazine rings is 1. The van der Waals surface area contributed by atoms with Crippen LogP contribution in [0, 0.1) is 0 Å².